The van der Waals surface area contributed by atoms with Crippen LogP contribution in [0.3, 0.4) is 0 Å². The van der Waals surface area contributed by atoms with Gasteiger partial charge >= 0.3 is 5.97 Å². The van der Waals surface area contributed by atoms with E-state index in [4.69, 9.17) is 4.74 Å². The van der Waals surface area contributed by atoms with E-state index >= 15 is 0 Å². The van der Waals surface area contributed by atoms with Crippen molar-refractivity contribution in [3.05, 3.63) is 48.4 Å². The molecule has 0 aliphatic rings. The molecule has 0 aliphatic heterocycles. The summed E-state index contributed by atoms with van der Waals surface area (Å²) in [6, 6.07) is 8.70. The van der Waals surface area contributed by atoms with Crippen LogP contribution >= 0.6 is 0 Å². The number of aromatic nitrogens is 3. The fourth-order valence-electron chi connectivity index (χ4n) is 2.00. The molecule has 0 saturated carbocycles. The van der Waals surface area contributed by atoms with Crippen LogP contribution in [0.2, 0.25) is 0 Å². The minimum atomic E-state index is -1.06. The highest BCUT2D eigenvalue weighted by Crippen LogP contribution is 2.22. The van der Waals surface area contributed by atoms with Gasteiger partial charge in [0.15, 0.2) is 11.5 Å². The maximum absolute atomic E-state index is 11.5. The van der Waals surface area contributed by atoms with Crippen molar-refractivity contribution in [2.24, 2.45) is 0 Å². The summed E-state index contributed by atoms with van der Waals surface area (Å²) in [5.74, 6) is -0.313. The Bertz CT molecular complexity index is 796. The zero-order chi connectivity index (χ0) is 14.8. The lowest BCUT2D eigenvalue weighted by Crippen LogP contribution is -2.05. The number of pyridine rings is 2. The van der Waals surface area contributed by atoms with Crippen LogP contribution < -0.4 is 10.1 Å². The quantitative estimate of drug-likeness (QED) is 0.763. The lowest BCUT2D eigenvalue weighted by atomic mass is 10.3. The van der Waals surface area contributed by atoms with Crippen LogP contribution in [0.15, 0.2) is 42.7 Å². The molecule has 0 fully saturated rings. The smallest absolute Gasteiger partial charge is 0.356 e. The number of anilines is 2. The first-order valence-electron chi connectivity index (χ1n) is 6.16. The van der Waals surface area contributed by atoms with Gasteiger partial charge in [-0.2, -0.15) is 0 Å². The minimum Gasteiger partial charge on any atom is -0.481 e. The summed E-state index contributed by atoms with van der Waals surface area (Å²) in [6.45, 7) is 0. The lowest BCUT2D eigenvalue weighted by Gasteiger charge is -2.05. The standard InChI is InChI=1S/C14H12N4O3/c1-21-11-6-5-9(8-15-11)16-13-12(14(19)20)18-7-3-2-4-10(18)17-13/h2-8,16H,1H3,(H,19,20). The Hall–Kier alpha value is -3.09. The first-order valence-corrected chi connectivity index (χ1v) is 6.16. The second kappa shape index (κ2) is 5.12. The highest BCUT2D eigenvalue weighted by atomic mass is 16.5. The number of fused-ring (bicyclic) bond motifs is 1. The summed E-state index contributed by atoms with van der Waals surface area (Å²) in [5.41, 5.74) is 1.25. The lowest BCUT2D eigenvalue weighted by molar-refractivity contribution is 0.0690. The fraction of sp³-hybridized carbons (Fsp3) is 0.0714. The van der Waals surface area contributed by atoms with Crippen LogP contribution in [-0.4, -0.2) is 32.6 Å². The number of nitrogens with zero attached hydrogens (tertiary/aromatic N) is 3. The second-order valence-electron chi connectivity index (χ2n) is 4.26. The topological polar surface area (TPSA) is 88.8 Å². The summed E-state index contributed by atoms with van der Waals surface area (Å²) < 4.78 is 6.49. The number of carbonyl (C=O) groups is 1. The number of hydrogen-bond donors (Lipinski definition) is 2. The van der Waals surface area contributed by atoms with Gasteiger partial charge in [0.05, 0.1) is 19.0 Å². The maximum Gasteiger partial charge on any atom is 0.356 e. The van der Waals surface area contributed by atoms with Crippen molar-refractivity contribution in [3.8, 4) is 5.88 Å². The third-order valence-electron chi connectivity index (χ3n) is 2.94. The number of hydrogen-bond acceptors (Lipinski definition) is 5. The Labute approximate surface area is 119 Å². The molecule has 0 aliphatic carbocycles. The Morgan fingerprint density at radius 1 is 1.33 bits per heavy atom. The van der Waals surface area contributed by atoms with E-state index in [1.165, 1.54) is 11.5 Å². The van der Waals surface area contributed by atoms with Crippen molar-refractivity contribution in [1.29, 1.82) is 0 Å². The van der Waals surface area contributed by atoms with Gasteiger partial charge in [0.25, 0.3) is 0 Å². The van der Waals surface area contributed by atoms with Gasteiger partial charge in [-0.3, -0.25) is 4.40 Å². The normalized spacial score (nSPS) is 10.5. The summed E-state index contributed by atoms with van der Waals surface area (Å²) in [6.07, 6.45) is 3.21. The zero-order valence-electron chi connectivity index (χ0n) is 11.1. The highest BCUT2D eigenvalue weighted by molar-refractivity contribution is 5.93. The van der Waals surface area contributed by atoms with E-state index in [1.54, 1.807) is 42.7 Å². The molecule has 106 valence electrons. The molecule has 0 bridgehead atoms. The number of nitrogens with one attached hydrogen (secondary N) is 1. The molecule has 0 saturated heterocycles. The van der Waals surface area contributed by atoms with Crippen LogP contribution in [0.4, 0.5) is 11.5 Å². The molecule has 3 aromatic heterocycles. The predicted molar refractivity (Wildman–Crippen MR) is 76.2 cm³/mol. The van der Waals surface area contributed by atoms with Crippen molar-refractivity contribution in [2.75, 3.05) is 12.4 Å². The van der Waals surface area contributed by atoms with Gasteiger partial charge in [0.1, 0.15) is 5.65 Å². The molecule has 3 heterocycles. The van der Waals surface area contributed by atoms with Crippen molar-refractivity contribution >= 4 is 23.1 Å². The number of carboxylic acid groups (broad SMARTS) is 1. The number of rotatable bonds is 4. The molecule has 7 heteroatoms. The van der Waals surface area contributed by atoms with Gasteiger partial charge in [-0.15, -0.1) is 0 Å². The monoisotopic (exact) mass is 284 g/mol. The third-order valence-corrected chi connectivity index (χ3v) is 2.94. The van der Waals surface area contributed by atoms with Crippen LogP contribution in [0, 0.1) is 0 Å². The molecule has 3 aromatic rings. The minimum absolute atomic E-state index is 0.0708. The van der Waals surface area contributed by atoms with Crippen molar-refractivity contribution < 1.29 is 14.6 Å². The van der Waals surface area contributed by atoms with Crippen molar-refractivity contribution in [2.45, 2.75) is 0 Å². The zero-order valence-corrected chi connectivity index (χ0v) is 11.1. The first kappa shape index (κ1) is 12.9. The van der Waals surface area contributed by atoms with E-state index in [2.05, 4.69) is 15.3 Å². The van der Waals surface area contributed by atoms with E-state index < -0.39 is 5.97 Å². The van der Waals surface area contributed by atoms with Gasteiger partial charge in [-0.25, -0.2) is 14.8 Å². The molecule has 3 rings (SSSR count). The fourth-order valence-corrected chi connectivity index (χ4v) is 2.00. The number of ether oxygens (including phenoxy) is 1. The Kier molecular flexibility index (Phi) is 3.15. The van der Waals surface area contributed by atoms with Gasteiger partial charge in [0, 0.05) is 12.3 Å². The SMILES string of the molecule is COc1ccc(Nc2nc3ccccn3c2C(=O)O)cn1. The number of imidazole rings is 1. The number of aromatic carboxylic acids is 1. The second-order valence-corrected chi connectivity index (χ2v) is 4.26. The molecular formula is C14H12N4O3. The summed E-state index contributed by atoms with van der Waals surface area (Å²) in [5, 5.41) is 12.3. The van der Waals surface area contributed by atoms with Gasteiger partial charge in [-0.05, 0) is 18.2 Å². The van der Waals surface area contributed by atoms with E-state index in [1.807, 2.05) is 0 Å². The van der Waals surface area contributed by atoms with E-state index in [-0.39, 0.29) is 11.5 Å². The van der Waals surface area contributed by atoms with Gasteiger partial charge < -0.3 is 15.2 Å². The van der Waals surface area contributed by atoms with Crippen molar-refractivity contribution in [1.82, 2.24) is 14.4 Å². The molecule has 0 amide bonds. The maximum atomic E-state index is 11.5. The molecule has 0 aromatic carbocycles. The van der Waals surface area contributed by atoms with E-state index in [0.29, 0.717) is 17.2 Å². The molecule has 0 unspecified atom stereocenters. The molecule has 0 spiro atoms. The summed E-state index contributed by atoms with van der Waals surface area (Å²) >= 11 is 0. The summed E-state index contributed by atoms with van der Waals surface area (Å²) in [4.78, 5) is 19.8. The number of methoxy groups -OCH3 is 1. The predicted octanol–water partition coefficient (Wildman–Crippen LogP) is 2.18. The first-order chi connectivity index (χ1) is 10.2. The van der Waals surface area contributed by atoms with Gasteiger partial charge in [-0.1, -0.05) is 6.07 Å². The van der Waals surface area contributed by atoms with Crippen molar-refractivity contribution in [3.63, 3.8) is 0 Å². The molecular weight excluding hydrogens is 272 g/mol. The molecule has 0 radical (unpaired) electrons. The van der Waals surface area contributed by atoms with Gasteiger partial charge in [0.2, 0.25) is 5.88 Å². The Morgan fingerprint density at radius 2 is 2.19 bits per heavy atom. The Morgan fingerprint density at radius 3 is 2.86 bits per heavy atom. The highest BCUT2D eigenvalue weighted by Gasteiger charge is 2.18. The molecule has 7 nitrogen and oxygen atoms in total. The molecule has 2 N–H and O–H groups in total. The molecule has 0 atom stereocenters. The van der Waals surface area contributed by atoms with Crippen LogP contribution in [0.5, 0.6) is 5.88 Å². The summed E-state index contributed by atoms with van der Waals surface area (Å²) in [7, 11) is 1.53. The average molecular weight is 284 g/mol. The van der Waals surface area contributed by atoms with E-state index in [0.717, 1.165) is 0 Å². The Balaban J connectivity index is 2.02. The van der Waals surface area contributed by atoms with E-state index in [9.17, 15) is 9.90 Å². The number of carboxylic acids is 1. The largest absolute Gasteiger partial charge is 0.481 e. The van der Waals surface area contributed by atoms with Crippen LogP contribution in [0.25, 0.3) is 5.65 Å². The van der Waals surface area contributed by atoms with Crippen LogP contribution in [-0.2, 0) is 0 Å². The third kappa shape index (κ3) is 2.36. The van der Waals surface area contributed by atoms with Crippen LogP contribution in [0.1, 0.15) is 10.5 Å². The average Bonchev–Trinajstić information content (AvgIpc) is 2.86. The molecule has 21 heavy (non-hydrogen) atoms.